The van der Waals surface area contributed by atoms with Crippen molar-refractivity contribution in [1.82, 2.24) is 0 Å². The largest absolute Gasteiger partial charge is 0.348 e. The molecule has 0 N–H and O–H groups in total. The minimum atomic E-state index is -3.21. The van der Waals surface area contributed by atoms with Crippen molar-refractivity contribution in [2.24, 2.45) is 0 Å². The second-order valence-corrected chi connectivity index (χ2v) is 12.0. The highest BCUT2D eigenvalue weighted by Crippen LogP contribution is 2.55. The summed E-state index contributed by atoms with van der Waals surface area (Å²) < 4.78 is 50.5. The van der Waals surface area contributed by atoms with Crippen molar-refractivity contribution >= 4 is 12.7 Å². The van der Waals surface area contributed by atoms with Gasteiger partial charge in [-0.25, -0.2) is 0 Å². The van der Waals surface area contributed by atoms with Gasteiger partial charge in [-0.15, -0.1) is 0 Å². The van der Waals surface area contributed by atoms with E-state index in [1.54, 1.807) is 0 Å². The molecule has 8 heteroatoms. The highest BCUT2D eigenvalue weighted by Gasteiger charge is 2.60. The number of rotatable bonds is 5. The lowest BCUT2D eigenvalue weighted by atomic mass is 10.1. The molecule has 0 aromatic heterocycles. The standard InChI is InChI=1S/C21H31O7P/c1-13(2)29(22,14-10-8-7-9-11-14)28-17-16(15-12-23-20(3,4)25-15)24-19-18(17)26-21(5,6)27-19/h7-11,13,15-19H,12H2,1-6H3/t15-,16-,17+,18-,19-,29?/m1/s1. The monoisotopic (exact) mass is 426 g/mol. The summed E-state index contributed by atoms with van der Waals surface area (Å²) in [5.74, 6) is -1.51. The molecule has 0 radical (unpaired) electrons. The third-order valence-electron chi connectivity index (χ3n) is 5.50. The quantitative estimate of drug-likeness (QED) is 0.668. The zero-order valence-corrected chi connectivity index (χ0v) is 18.8. The van der Waals surface area contributed by atoms with Crippen molar-refractivity contribution in [1.29, 1.82) is 0 Å². The molecule has 1 aromatic rings. The molecule has 4 rings (SSSR count). The molecular weight excluding hydrogens is 395 g/mol. The van der Waals surface area contributed by atoms with Crippen LogP contribution in [-0.2, 0) is 32.8 Å². The van der Waals surface area contributed by atoms with Gasteiger partial charge in [-0.05, 0) is 39.8 Å². The number of fused-ring (bicyclic) bond motifs is 1. The Labute approximate surface area is 172 Å². The maximum atomic E-state index is 14.1. The summed E-state index contributed by atoms with van der Waals surface area (Å²) in [6.45, 7) is 11.6. The van der Waals surface area contributed by atoms with Gasteiger partial charge >= 0.3 is 0 Å². The Morgan fingerprint density at radius 3 is 2.28 bits per heavy atom. The fourth-order valence-electron chi connectivity index (χ4n) is 4.10. The van der Waals surface area contributed by atoms with E-state index in [0.29, 0.717) is 11.9 Å². The summed E-state index contributed by atoms with van der Waals surface area (Å²) in [6.07, 6.45) is -2.61. The Hall–Kier alpha value is -0.790. The Balaban J connectivity index is 1.66. The molecule has 29 heavy (non-hydrogen) atoms. The van der Waals surface area contributed by atoms with E-state index >= 15 is 0 Å². The summed E-state index contributed by atoms with van der Waals surface area (Å²) >= 11 is 0. The van der Waals surface area contributed by atoms with Crippen LogP contribution in [0.25, 0.3) is 0 Å². The van der Waals surface area contributed by atoms with Crippen molar-refractivity contribution in [3.63, 3.8) is 0 Å². The van der Waals surface area contributed by atoms with E-state index in [1.165, 1.54) is 0 Å². The van der Waals surface area contributed by atoms with Crippen LogP contribution < -0.4 is 5.30 Å². The predicted octanol–water partition coefficient (Wildman–Crippen LogP) is 3.41. The first-order chi connectivity index (χ1) is 13.5. The highest BCUT2D eigenvalue weighted by atomic mass is 31.2. The molecule has 0 aliphatic carbocycles. The van der Waals surface area contributed by atoms with Gasteiger partial charge in [-0.1, -0.05) is 32.0 Å². The molecule has 1 unspecified atom stereocenters. The van der Waals surface area contributed by atoms with Gasteiger partial charge in [-0.2, -0.15) is 0 Å². The normalized spacial score (nSPS) is 37.6. The van der Waals surface area contributed by atoms with E-state index < -0.39 is 43.5 Å². The molecule has 3 fully saturated rings. The van der Waals surface area contributed by atoms with Crippen LogP contribution in [0.4, 0.5) is 0 Å². The van der Waals surface area contributed by atoms with Crippen LogP contribution in [0, 0.1) is 0 Å². The lowest BCUT2D eigenvalue weighted by Crippen LogP contribution is -2.44. The topological polar surface area (TPSA) is 72.5 Å². The fourth-order valence-corrected chi connectivity index (χ4v) is 6.25. The number of hydrogen-bond acceptors (Lipinski definition) is 7. The molecule has 0 spiro atoms. The van der Waals surface area contributed by atoms with Crippen LogP contribution in [0.1, 0.15) is 41.5 Å². The van der Waals surface area contributed by atoms with E-state index in [4.69, 9.17) is 28.2 Å². The number of benzene rings is 1. The third-order valence-corrected chi connectivity index (χ3v) is 8.43. The summed E-state index contributed by atoms with van der Waals surface area (Å²) in [5.41, 5.74) is -0.211. The minimum Gasteiger partial charge on any atom is -0.348 e. The van der Waals surface area contributed by atoms with E-state index in [2.05, 4.69) is 0 Å². The van der Waals surface area contributed by atoms with Crippen molar-refractivity contribution in [2.45, 2.75) is 89.5 Å². The first-order valence-electron chi connectivity index (χ1n) is 10.2. The molecule has 1 aromatic carbocycles. The van der Waals surface area contributed by atoms with Crippen LogP contribution >= 0.6 is 7.37 Å². The molecular formula is C21H31O7P. The molecule has 0 amide bonds. The maximum absolute atomic E-state index is 14.1. The van der Waals surface area contributed by atoms with Crippen LogP contribution in [0.5, 0.6) is 0 Å². The lowest BCUT2D eigenvalue weighted by molar-refractivity contribution is -0.230. The summed E-state index contributed by atoms with van der Waals surface area (Å²) in [6, 6.07) is 9.32. The van der Waals surface area contributed by atoms with E-state index in [0.717, 1.165) is 0 Å². The minimum absolute atomic E-state index is 0.211. The molecule has 3 heterocycles. The van der Waals surface area contributed by atoms with E-state index in [-0.39, 0.29) is 11.8 Å². The first-order valence-corrected chi connectivity index (χ1v) is 11.9. The molecule has 162 valence electrons. The second-order valence-electron chi connectivity index (χ2n) is 9.03. The average molecular weight is 426 g/mol. The Bertz CT molecular complexity index is 778. The number of ether oxygens (including phenoxy) is 5. The van der Waals surface area contributed by atoms with Gasteiger partial charge in [0.05, 0.1) is 6.61 Å². The van der Waals surface area contributed by atoms with Gasteiger partial charge in [0.1, 0.15) is 24.4 Å². The zero-order chi connectivity index (χ0) is 21.0. The van der Waals surface area contributed by atoms with Gasteiger partial charge < -0.3 is 28.2 Å². The van der Waals surface area contributed by atoms with E-state index in [1.807, 2.05) is 71.9 Å². The third kappa shape index (κ3) is 4.07. The Morgan fingerprint density at radius 1 is 1.00 bits per heavy atom. The van der Waals surface area contributed by atoms with Crippen molar-refractivity contribution < 1.29 is 32.8 Å². The maximum Gasteiger partial charge on any atom is 0.235 e. The zero-order valence-electron chi connectivity index (χ0n) is 17.9. The van der Waals surface area contributed by atoms with Gasteiger partial charge in [-0.3, -0.25) is 4.57 Å². The van der Waals surface area contributed by atoms with E-state index in [9.17, 15) is 4.57 Å². The fraction of sp³-hybridized carbons (Fsp3) is 0.714. The van der Waals surface area contributed by atoms with Crippen LogP contribution in [0.3, 0.4) is 0 Å². The molecule has 3 saturated heterocycles. The summed E-state index contributed by atoms with van der Waals surface area (Å²) in [7, 11) is -3.21. The van der Waals surface area contributed by atoms with Crippen LogP contribution in [0.2, 0.25) is 0 Å². The average Bonchev–Trinajstić information content (AvgIpc) is 3.25. The van der Waals surface area contributed by atoms with Gasteiger partial charge in [0.15, 0.2) is 17.9 Å². The summed E-state index contributed by atoms with van der Waals surface area (Å²) in [5, 5.41) is 0.680. The first kappa shape index (κ1) is 21.4. The predicted molar refractivity (Wildman–Crippen MR) is 107 cm³/mol. The van der Waals surface area contributed by atoms with Crippen molar-refractivity contribution in [2.75, 3.05) is 6.61 Å². The Kier molecular flexibility index (Phi) is 5.48. The summed E-state index contributed by atoms with van der Waals surface area (Å²) in [4.78, 5) is 0. The number of hydrogen-bond donors (Lipinski definition) is 0. The Morgan fingerprint density at radius 2 is 1.69 bits per heavy atom. The lowest BCUT2D eigenvalue weighted by Gasteiger charge is -2.33. The van der Waals surface area contributed by atoms with Crippen molar-refractivity contribution in [3.05, 3.63) is 30.3 Å². The molecule has 3 aliphatic rings. The SMILES string of the molecule is CC(C)P(=O)(O[C@@H]1[C@H]2OC(C)(C)O[C@H]2O[C@@H]1[C@H]1COC(C)(C)O1)c1ccccc1. The molecule has 0 bridgehead atoms. The van der Waals surface area contributed by atoms with Crippen LogP contribution in [-0.4, -0.2) is 54.5 Å². The molecule has 7 nitrogen and oxygen atoms in total. The van der Waals surface area contributed by atoms with Crippen LogP contribution in [0.15, 0.2) is 30.3 Å². The van der Waals surface area contributed by atoms with Crippen molar-refractivity contribution in [3.8, 4) is 0 Å². The van der Waals surface area contributed by atoms with Gasteiger partial charge in [0.25, 0.3) is 0 Å². The molecule has 6 atom stereocenters. The molecule has 3 aliphatic heterocycles. The van der Waals surface area contributed by atoms with Gasteiger partial charge in [0, 0.05) is 11.0 Å². The molecule has 0 saturated carbocycles. The highest BCUT2D eigenvalue weighted by molar-refractivity contribution is 7.67. The smallest absolute Gasteiger partial charge is 0.235 e. The van der Waals surface area contributed by atoms with Gasteiger partial charge in [0.2, 0.25) is 7.37 Å². The second kappa shape index (κ2) is 7.41.